The van der Waals surface area contributed by atoms with Crippen molar-refractivity contribution in [3.8, 4) is 0 Å². The molecule has 2 nitrogen and oxygen atoms in total. The van der Waals surface area contributed by atoms with Gasteiger partial charge in [0.25, 0.3) is 0 Å². The maximum absolute atomic E-state index is 9.07. The zero-order valence-electron chi connectivity index (χ0n) is 7.14. The average Bonchev–Trinajstić information content (AvgIpc) is 2.57. The van der Waals surface area contributed by atoms with Crippen molar-refractivity contribution in [1.29, 1.82) is 0 Å². The first-order valence-electron chi connectivity index (χ1n) is 4.63. The van der Waals surface area contributed by atoms with Crippen LogP contribution in [0.15, 0.2) is 0 Å². The lowest BCUT2D eigenvalue weighted by Crippen LogP contribution is -2.30. The molecule has 0 bridgehead atoms. The van der Waals surface area contributed by atoms with Gasteiger partial charge in [0.05, 0.1) is 0 Å². The first-order valence-corrected chi connectivity index (χ1v) is 4.63. The molecular weight excluding hydrogens is 138 g/mol. The Labute approximate surface area is 68.0 Å². The summed E-state index contributed by atoms with van der Waals surface area (Å²) in [6.45, 7) is 5.00. The Hall–Kier alpha value is -0.0800. The Morgan fingerprint density at radius 2 is 2.09 bits per heavy atom. The lowest BCUT2D eigenvalue weighted by molar-refractivity contribution is 0.227. The van der Waals surface area contributed by atoms with Gasteiger partial charge in [-0.15, -0.1) is 0 Å². The van der Waals surface area contributed by atoms with E-state index in [0.717, 1.165) is 19.0 Å². The summed E-state index contributed by atoms with van der Waals surface area (Å²) in [5.41, 5.74) is 0.542. The molecule has 1 aliphatic heterocycles. The molecule has 2 heteroatoms. The minimum absolute atomic E-state index is 0.404. The Balaban J connectivity index is 2.01. The molecule has 64 valence electrons. The van der Waals surface area contributed by atoms with Crippen molar-refractivity contribution >= 4 is 0 Å². The van der Waals surface area contributed by atoms with E-state index in [0.29, 0.717) is 17.9 Å². The van der Waals surface area contributed by atoms with Gasteiger partial charge in [0, 0.05) is 6.61 Å². The van der Waals surface area contributed by atoms with Crippen molar-refractivity contribution in [2.75, 3.05) is 19.7 Å². The highest BCUT2D eigenvalue weighted by atomic mass is 16.3. The van der Waals surface area contributed by atoms with Crippen molar-refractivity contribution in [2.24, 2.45) is 17.3 Å². The lowest BCUT2D eigenvalue weighted by Gasteiger charge is -2.23. The second kappa shape index (κ2) is 2.46. The molecular formula is C9H17NO. The van der Waals surface area contributed by atoms with Crippen LogP contribution in [0.2, 0.25) is 0 Å². The fourth-order valence-electron chi connectivity index (χ4n) is 2.86. The van der Waals surface area contributed by atoms with Crippen LogP contribution in [0.1, 0.15) is 19.8 Å². The van der Waals surface area contributed by atoms with Gasteiger partial charge >= 0.3 is 0 Å². The fourth-order valence-corrected chi connectivity index (χ4v) is 2.86. The van der Waals surface area contributed by atoms with Crippen LogP contribution in [0, 0.1) is 17.3 Å². The van der Waals surface area contributed by atoms with E-state index in [1.54, 1.807) is 0 Å². The third kappa shape index (κ3) is 0.926. The van der Waals surface area contributed by atoms with Crippen molar-refractivity contribution in [3.05, 3.63) is 0 Å². The van der Waals surface area contributed by atoms with E-state index in [4.69, 9.17) is 5.11 Å². The molecule has 1 heterocycles. The smallest absolute Gasteiger partial charge is 0.0467 e. The second-order valence-corrected chi connectivity index (χ2v) is 4.06. The van der Waals surface area contributed by atoms with Crippen LogP contribution in [0.5, 0.6) is 0 Å². The lowest BCUT2D eigenvalue weighted by atomic mass is 9.90. The van der Waals surface area contributed by atoms with E-state index in [9.17, 15) is 0 Å². The van der Waals surface area contributed by atoms with Gasteiger partial charge in [0.2, 0.25) is 0 Å². The van der Waals surface area contributed by atoms with Gasteiger partial charge in [-0.05, 0) is 43.2 Å². The summed E-state index contributed by atoms with van der Waals surface area (Å²) in [5.74, 6) is 1.39. The van der Waals surface area contributed by atoms with E-state index in [1.807, 2.05) is 0 Å². The van der Waals surface area contributed by atoms with Crippen LogP contribution in [0.3, 0.4) is 0 Å². The van der Waals surface area contributed by atoms with Crippen LogP contribution >= 0.6 is 0 Å². The van der Waals surface area contributed by atoms with Gasteiger partial charge in [-0.1, -0.05) is 6.92 Å². The normalized spacial score (nSPS) is 40.9. The maximum Gasteiger partial charge on any atom is 0.0467 e. The first kappa shape index (κ1) is 7.56. The number of hydrogen-bond acceptors (Lipinski definition) is 2. The predicted molar refractivity (Wildman–Crippen MR) is 44.3 cm³/mol. The first-order chi connectivity index (χ1) is 5.31. The van der Waals surface area contributed by atoms with Gasteiger partial charge in [0.1, 0.15) is 0 Å². The highest BCUT2D eigenvalue weighted by molar-refractivity contribution is 5.09. The van der Waals surface area contributed by atoms with E-state index >= 15 is 0 Å². The minimum atomic E-state index is 0.404. The second-order valence-electron chi connectivity index (χ2n) is 4.06. The number of piperidine rings is 1. The molecule has 2 unspecified atom stereocenters. The molecule has 1 spiro atoms. The fraction of sp³-hybridized carbons (Fsp3) is 1.00. The van der Waals surface area contributed by atoms with Crippen LogP contribution < -0.4 is 5.32 Å². The number of rotatable bonds is 1. The summed E-state index contributed by atoms with van der Waals surface area (Å²) < 4.78 is 0. The van der Waals surface area contributed by atoms with Gasteiger partial charge in [-0.25, -0.2) is 0 Å². The van der Waals surface area contributed by atoms with Crippen molar-refractivity contribution in [3.63, 3.8) is 0 Å². The van der Waals surface area contributed by atoms with Crippen LogP contribution in [-0.4, -0.2) is 24.8 Å². The van der Waals surface area contributed by atoms with E-state index < -0.39 is 0 Å². The summed E-state index contributed by atoms with van der Waals surface area (Å²) in [6, 6.07) is 0. The number of nitrogens with one attached hydrogen (secondary N) is 1. The van der Waals surface area contributed by atoms with E-state index in [-0.39, 0.29) is 0 Å². The predicted octanol–water partition coefficient (Wildman–Crippen LogP) is 0.614. The van der Waals surface area contributed by atoms with Crippen LogP contribution in [0.25, 0.3) is 0 Å². The number of hydrogen-bond donors (Lipinski definition) is 2. The zero-order valence-corrected chi connectivity index (χ0v) is 7.14. The third-order valence-corrected chi connectivity index (χ3v) is 3.87. The summed E-state index contributed by atoms with van der Waals surface area (Å²) in [5, 5.41) is 12.4. The van der Waals surface area contributed by atoms with E-state index in [1.165, 1.54) is 12.8 Å². The Morgan fingerprint density at radius 3 is 2.55 bits per heavy atom. The molecule has 1 saturated carbocycles. The van der Waals surface area contributed by atoms with Crippen molar-refractivity contribution in [2.45, 2.75) is 19.8 Å². The zero-order chi connectivity index (χ0) is 7.90. The standard InChI is InChI=1S/C9H17NO/c1-7-8(6-11)9(7)2-4-10-5-3-9/h7-8,10-11H,2-6H2,1H3. The van der Waals surface area contributed by atoms with Gasteiger partial charge in [0.15, 0.2) is 0 Å². The number of aliphatic hydroxyl groups is 1. The molecule has 0 amide bonds. The SMILES string of the molecule is CC1C(CO)C12CCNCC2. The molecule has 2 fully saturated rings. The summed E-state index contributed by atoms with van der Waals surface area (Å²) in [6.07, 6.45) is 2.55. The van der Waals surface area contributed by atoms with Gasteiger partial charge in [-0.3, -0.25) is 0 Å². The van der Waals surface area contributed by atoms with E-state index in [2.05, 4.69) is 12.2 Å². The van der Waals surface area contributed by atoms with Crippen molar-refractivity contribution in [1.82, 2.24) is 5.32 Å². The molecule has 1 aliphatic carbocycles. The molecule has 2 atom stereocenters. The Morgan fingerprint density at radius 1 is 1.45 bits per heavy atom. The molecule has 2 N–H and O–H groups in total. The molecule has 0 radical (unpaired) electrons. The summed E-state index contributed by atoms with van der Waals surface area (Å²) in [4.78, 5) is 0. The molecule has 0 aromatic rings. The molecule has 1 saturated heterocycles. The third-order valence-electron chi connectivity index (χ3n) is 3.87. The monoisotopic (exact) mass is 155 g/mol. The minimum Gasteiger partial charge on any atom is -0.396 e. The Kier molecular flexibility index (Phi) is 1.69. The molecule has 2 rings (SSSR count). The molecule has 2 aliphatic rings. The highest BCUT2D eigenvalue weighted by Gasteiger charge is 2.60. The number of aliphatic hydroxyl groups excluding tert-OH is 1. The van der Waals surface area contributed by atoms with Gasteiger partial charge < -0.3 is 10.4 Å². The van der Waals surface area contributed by atoms with Crippen LogP contribution in [0.4, 0.5) is 0 Å². The molecule has 11 heavy (non-hydrogen) atoms. The largest absolute Gasteiger partial charge is 0.396 e. The topological polar surface area (TPSA) is 32.3 Å². The molecule has 0 aromatic carbocycles. The van der Waals surface area contributed by atoms with Gasteiger partial charge in [-0.2, -0.15) is 0 Å². The maximum atomic E-state index is 9.07. The van der Waals surface area contributed by atoms with Crippen LogP contribution in [-0.2, 0) is 0 Å². The Bertz CT molecular complexity index is 152. The quantitative estimate of drug-likeness (QED) is 0.581. The summed E-state index contributed by atoms with van der Waals surface area (Å²) >= 11 is 0. The summed E-state index contributed by atoms with van der Waals surface area (Å²) in [7, 11) is 0. The average molecular weight is 155 g/mol. The molecule has 0 aromatic heterocycles. The van der Waals surface area contributed by atoms with Crippen molar-refractivity contribution < 1.29 is 5.11 Å². The highest BCUT2D eigenvalue weighted by Crippen LogP contribution is 2.63.